The van der Waals surface area contributed by atoms with Gasteiger partial charge in [0.2, 0.25) is 11.9 Å². The first kappa shape index (κ1) is 16.3. The van der Waals surface area contributed by atoms with Gasteiger partial charge in [0, 0.05) is 18.7 Å². The smallest absolute Gasteiger partial charge is 0.250 e. The molecule has 7 heteroatoms. The van der Waals surface area contributed by atoms with Gasteiger partial charge in [-0.05, 0) is 59.0 Å². The van der Waals surface area contributed by atoms with E-state index in [2.05, 4.69) is 20.4 Å². The van der Waals surface area contributed by atoms with Crippen molar-refractivity contribution in [2.24, 2.45) is 11.7 Å². The van der Waals surface area contributed by atoms with E-state index in [9.17, 15) is 4.79 Å². The number of tetrazole rings is 1. The molecule has 1 saturated heterocycles. The van der Waals surface area contributed by atoms with Crippen LogP contribution in [0.3, 0.4) is 0 Å². The average molecular weight is 348 g/mol. The number of para-hydroxylation sites is 1. The summed E-state index contributed by atoms with van der Waals surface area (Å²) >= 11 is 0. The summed E-state index contributed by atoms with van der Waals surface area (Å²) in [6.45, 7) is 1.79. The zero-order valence-corrected chi connectivity index (χ0v) is 14.3. The van der Waals surface area contributed by atoms with Gasteiger partial charge in [-0.3, -0.25) is 4.79 Å². The number of nitrogens with two attached hydrogens (primary N) is 1. The lowest BCUT2D eigenvalue weighted by molar-refractivity contribution is 0.1000. The highest BCUT2D eigenvalue weighted by atomic mass is 16.1. The molecule has 2 heterocycles. The van der Waals surface area contributed by atoms with Gasteiger partial charge in [0.05, 0.1) is 5.69 Å². The van der Waals surface area contributed by atoms with Crippen molar-refractivity contribution in [3.8, 4) is 5.69 Å². The molecular weight excluding hydrogens is 328 g/mol. The van der Waals surface area contributed by atoms with E-state index in [0.717, 1.165) is 43.1 Å². The second kappa shape index (κ2) is 6.95. The number of carbonyl (C=O) groups is 1. The molecular formula is C19H20N6O. The first-order chi connectivity index (χ1) is 12.7. The molecule has 1 aromatic heterocycles. The minimum absolute atomic E-state index is 0.387. The van der Waals surface area contributed by atoms with Gasteiger partial charge in [-0.15, -0.1) is 0 Å². The Morgan fingerprint density at radius 1 is 1.15 bits per heavy atom. The fourth-order valence-corrected chi connectivity index (χ4v) is 3.48. The molecule has 1 atom stereocenters. The molecule has 0 spiro atoms. The van der Waals surface area contributed by atoms with Gasteiger partial charge in [0.25, 0.3) is 0 Å². The van der Waals surface area contributed by atoms with Crippen LogP contribution in [-0.2, 0) is 6.42 Å². The molecule has 132 valence electrons. The van der Waals surface area contributed by atoms with Crippen LogP contribution in [-0.4, -0.2) is 39.2 Å². The molecule has 0 saturated carbocycles. The summed E-state index contributed by atoms with van der Waals surface area (Å²) in [7, 11) is 0. The molecule has 0 bridgehead atoms. The van der Waals surface area contributed by atoms with E-state index < -0.39 is 0 Å². The number of anilines is 1. The van der Waals surface area contributed by atoms with Gasteiger partial charge in [-0.2, -0.15) is 4.68 Å². The largest absolute Gasteiger partial charge is 0.366 e. The summed E-state index contributed by atoms with van der Waals surface area (Å²) in [5.74, 6) is 0.866. The zero-order chi connectivity index (χ0) is 17.9. The van der Waals surface area contributed by atoms with Gasteiger partial charge in [0.15, 0.2) is 0 Å². The summed E-state index contributed by atoms with van der Waals surface area (Å²) < 4.78 is 1.77. The monoisotopic (exact) mass is 348 g/mol. The van der Waals surface area contributed by atoms with Crippen LogP contribution in [0, 0.1) is 5.92 Å². The highest BCUT2D eigenvalue weighted by Gasteiger charge is 2.27. The van der Waals surface area contributed by atoms with Gasteiger partial charge in [-0.25, -0.2) is 0 Å². The molecule has 2 aromatic carbocycles. The summed E-state index contributed by atoms with van der Waals surface area (Å²) in [6, 6.07) is 17.5. The van der Waals surface area contributed by atoms with Crippen molar-refractivity contribution in [1.82, 2.24) is 20.2 Å². The van der Waals surface area contributed by atoms with Crippen LogP contribution in [0.5, 0.6) is 0 Å². The van der Waals surface area contributed by atoms with Crippen LogP contribution in [0.25, 0.3) is 5.69 Å². The Morgan fingerprint density at radius 3 is 2.81 bits per heavy atom. The first-order valence-electron chi connectivity index (χ1n) is 8.68. The lowest BCUT2D eigenvalue weighted by atomic mass is 9.97. The Labute approximate surface area is 151 Å². The maximum absolute atomic E-state index is 11.4. The molecule has 1 aliphatic heterocycles. The number of amides is 1. The van der Waals surface area contributed by atoms with E-state index in [1.165, 1.54) is 0 Å². The SMILES string of the molecule is NC(=O)c1cccc(CC2CCN(c3nnnn3-c3ccccc3)C2)c1. The standard InChI is InChI=1S/C19H20N6O/c20-18(26)16-6-4-5-14(12-16)11-15-9-10-24(13-15)19-21-22-23-25(19)17-7-2-1-3-8-17/h1-8,12,15H,9-11,13H2,(H2,20,26). The number of primary amides is 1. The topological polar surface area (TPSA) is 89.9 Å². The molecule has 26 heavy (non-hydrogen) atoms. The Bertz CT molecular complexity index is 907. The number of hydrogen-bond donors (Lipinski definition) is 1. The Morgan fingerprint density at radius 2 is 2.00 bits per heavy atom. The number of carbonyl (C=O) groups excluding carboxylic acids is 1. The van der Waals surface area contributed by atoms with Crippen LogP contribution in [0.2, 0.25) is 0 Å². The summed E-state index contributed by atoms with van der Waals surface area (Å²) in [4.78, 5) is 13.6. The summed E-state index contributed by atoms with van der Waals surface area (Å²) in [6.07, 6.45) is 1.97. The van der Waals surface area contributed by atoms with Gasteiger partial charge >= 0.3 is 0 Å². The zero-order valence-electron chi connectivity index (χ0n) is 14.3. The Kier molecular flexibility index (Phi) is 4.35. The predicted octanol–water partition coefficient (Wildman–Crippen LogP) is 1.83. The molecule has 1 fully saturated rings. The third-order valence-corrected chi connectivity index (χ3v) is 4.76. The Hall–Kier alpha value is -3.22. The molecule has 1 unspecified atom stereocenters. The third-order valence-electron chi connectivity index (χ3n) is 4.76. The lowest BCUT2D eigenvalue weighted by Crippen LogP contribution is -2.24. The second-order valence-corrected chi connectivity index (χ2v) is 6.60. The normalized spacial score (nSPS) is 16.8. The number of benzene rings is 2. The fourth-order valence-electron chi connectivity index (χ4n) is 3.48. The molecule has 0 radical (unpaired) electrons. The van der Waals surface area contributed by atoms with Crippen molar-refractivity contribution in [2.75, 3.05) is 18.0 Å². The van der Waals surface area contributed by atoms with Crippen molar-refractivity contribution >= 4 is 11.9 Å². The highest BCUT2D eigenvalue weighted by molar-refractivity contribution is 5.92. The van der Waals surface area contributed by atoms with E-state index in [1.807, 2.05) is 48.5 Å². The quantitative estimate of drug-likeness (QED) is 0.760. The lowest BCUT2D eigenvalue weighted by Gasteiger charge is -2.17. The van der Waals surface area contributed by atoms with Crippen molar-refractivity contribution < 1.29 is 4.79 Å². The molecule has 7 nitrogen and oxygen atoms in total. The molecule has 4 rings (SSSR count). The molecule has 1 aliphatic rings. The highest BCUT2D eigenvalue weighted by Crippen LogP contribution is 2.26. The van der Waals surface area contributed by atoms with Crippen molar-refractivity contribution in [1.29, 1.82) is 0 Å². The van der Waals surface area contributed by atoms with E-state index in [0.29, 0.717) is 11.5 Å². The average Bonchev–Trinajstić information content (AvgIpc) is 3.32. The number of nitrogens with zero attached hydrogens (tertiary/aromatic N) is 5. The maximum Gasteiger partial charge on any atom is 0.250 e. The minimum atomic E-state index is -0.387. The van der Waals surface area contributed by atoms with Gasteiger partial charge in [-0.1, -0.05) is 35.4 Å². The van der Waals surface area contributed by atoms with E-state index in [-0.39, 0.29) is 5.91 Å². The maximum atomic E-state index is 11.4. The van der Waals surface area contributed by atoms with Crippen molar-refractivity contribution in [3.63, 3.8) is 0 Å². The van der Waals surface area contributed by atoms with Crippen molar-refractivity contribution in [3.05, 3.63) is 65.7 Å². The molecule has 2 N–H and O–H groups in total. The summed E-state index contributed by atoms with van der Waals surface area (Å²) in [5.41, 5.74) is 8.02. The van der Waals surface area contributed by atoms with Crippen LogP contribution >= 0.6 is 0 Å². The van der Waals surface area contributed by atoms with Gasteiger partial charge < -0.3 is 10.6 Å². The fraction of sp³-hybridized carbons (Fsp3) is 0.263. The van der Waals surface area contributed by atoms with E-state index >= 15 is 0 Å². The second-order valence-electron chi connectivity index (χ2n) is 6.60. The van der Waals surface area contributed by atoms with Crippen LogP contribution in [0.15, 0.2) is 54.6 Å². The number of hydrogen-bond acceptors (Lipinski definition) is 5. The third kappa shape index (κ3) is 3.28. The summed E-state index contributed by atoms with van der Waals surface area (Å²) in [5, 5.41) is 12.2. The molecule has 3 aromatic rings. The number of aromatic nitrogens is 4. The Balaban J connectivity index is 1.47. The van der Waals surface area contributed by atoms with Crippen molar-refractivity contribution in [2.45, 2.75) is 12.8 Å². The van der Waals surface area contributed by atoms with Gasteiger partial charge in [0.1, 0.15) is 0 Å². The number of rotatable bonds is 5. The first-order valence-corrected chi connectivity index (χ1v) is 8.68. The van der Waals surface area contributed by atoms with Crippen LogP contribution in [0.4, 0.5) is 5.95 Å². The van der Waals surface area contributed by atoms with Crippen LogP contribution in [0.1, 0.15) is 22.3 Å². The van der Waals surface area contributed by atoms with E-state index in [1.54, 1.807) is 10.7 Å². The predicted molar refractivity (Wildman–Crippen MR) is 98.1 cm³/mol. The van der Waals surface area contributed by atoms with E-state index in [4.69, 9.17) is 5.73 Å². The molecule has 1 amide bonds. The molecule has 0 aliphatic carbocycles. The minimum Gasteiger partial charge on any atom is -0.366 e. The van der Waals surface area contributed by atoms with Crippen LogP contribution < -0.4 is 10.6 Å².